The molecule has 0 radical (unpaired) electrons. The van der Waals surface area contributed by atoms with Crippen LogP contribution < -0.4 is 0 Å². The number of carbonyl (C=O) groups is 3. The number of hydrogen-bond acceptors (Lipinski definition) is 4. The Morgan fingerprint density at radius 1 is 1.29 bits per heavy atom. The van der Waals surface area contributed by atoms with E-state index in [-0.39, 0.29) is 0 Å². The zero-order chi connectivity index (χ0) is 11.1. The largest absolute Gasteiger partial charge is 0.478 e. The first-order valence-electron chi connectivity index (χ1n) is 3.44. The molecule has 0 amide bonds. The van der Waals surface area contributed by atoms with Gasteiger partial charge in [-0.2, -0.15) is 0 Å². The molecule has 6 nitrogen and oxygen atoms in total. The van der Waals surface area contributed by atoms with Gasteiger partial charge in [-0.3, -0.25) is 4.79 Å². The third kappa shape index (κ3) is 4.70. The number of esters is 1. The summed E-state index contributed by atoms with van der Waals surface area (Å²) in [4.78, 5) is 31.3. The molecule has 0 aliphatic carbocycles. The first kappa shape index (κ1) is 11.9. The van der Waals surface area contributed by atoms with Crippen LogP contribution in [0.15, 0.2) is 24.5 Å². The topological polar surface area (TPSA) is 101 Å². The van der Waals surface area contributed by atoms with Crippen molar-refractivity contribution < 1.29 is 29.3 Å². The fraction of sp³-hybridized carbons (Fsp3) is 0.125. The zero-order valence-electron chi connectivity index (χ0n) is 7.10. The maximum atomic E-state index is 10.7. The van der Waals surface area contributed by atoms with E-state index in [1.54, 1.807) is 0 Å². The Kier molecular flexibility index (Phi) is 4.69. The SMILES string of the molecule is C=COC(=O)C/C(=C/C(=O)O)C(=O)O. The lowest BCUT2D eigenvalue weighted by molar-refractivity contribution is -0.140. The van der Waals surface area contributed by atoms with Crippen LogP contribution in [0.5, 0.6) is 0 Å². The second-order valence-corrected chi connectivity index (χ2v) is 2.15. The number of rotatable bonds is 5. The van der Waals surface area contributed by atoms with E-state index in [1.807, 2.05) is 0 Å². The molecule has 0 aliphatic heterocycles. The lowest BCUT2D eigenvalue weighted by Crippen LogP contribution is -2.10. The first-order valence-corrected chi connectivity index (χ1v) is 3.44. The van der Waals surface area contributed by atoms with Crippen molar-refractivity contribution in [1.29, 1.82) is 0 Å². The van der Waals surface area contributed by atoms with Crippen LogP contribution in [0.1, 0.15) is 6.42 Å². The third-order valence-corrected chi connectivity index (χ3v) is 1.12. The van der Waals surface area contributed by atoms with E-state index in [1.165, 1.54) is 0 Å². The number of ether oxygens (including phenoxy) is 1. The van der Waals surface area contributed by atoms with Gasteiger partial charge in [0.05, 0.1) is 18.3 Å². The third-order valence-electron chi connectivity index (χ3n) is 1.12. The van der Waals surface area contributed by atoms with E-state index in [2.05, 4.69) is 11.3 Å². The van der Waals surface area contributed by atoms with Crippen molar-refractivity contribution in [3.05, 3.63) is 24.5 Å². The Bertz CT molecular complexity index is 301. The average Bonchev–Trinajstić information content (AvgIpc) is 2.02. The molecule has 76 valence electrons. The van der Waals surface area contributed by atoms with Gasteiger partial charge < -0.3 is 14.9 Å². The van der Waals surface area contributed by atoms with Crippen molar-refractivity contribution in [3.8, 4) is 0 Å². The highest BCUT2D eigenvalue weighted by Crippen LogP contribution is 2.03. The predicted molar refractivity (Wildman–Crippen MR) is 44.3 cm³/mol. The second kappa shape index (κ2) is 5.52. The highest BCUT2D eigenvalue weighted by Gasteiger charge is 2.14. The molecule has 0 rings (SSSR count). The average molecular weight is 200 g/mol. The lowest BCUT2D eigenvalue weighted by Gasteiger charge is -1.99. The minimum Gasteiger partial charge on any atom is -0.478 e. The van der Waals surface area contributed by atoms with Gasteiger partial charge >= 0.3 is 17.9 Å². The molecule has 0 bridgehead atoms. The van der Waals surface area contributed by atoms with Crippen LogP contribution in [-0.2, 0) is 19.1 Å². The molecule has 14 heavy (non-hydrogen) atoms. The minimum atomic E-state index is -1.48. The van der Waals surface area contributed by atoms with Gasteiger partial charge in [0.2, 0.25) is 0 Å². The molecule has 6 heteroatoms. The van der Waals surface area contributed by atoms with E-state index in [4.69, 9.17) is 10.2 Å². The molecule has 0 aromatic heterocycles. The molecular weight excluding hydrogens is 192 g/mol. The minimum absolute atomic E-state index is 0.437. The van der Waals surface area contributed by atoms with Crippen molar-refractivity contribution in [2.24, 2.45) is 0 Å². The van der Waals surface area contributed by atoms with Gasteiger partial charge in [0, 0.05) is 6.08 Å². The molecule has 0 aromatic carbocycles. The summed E-state index contributed by atoms with van der Waals surface area (Å²) in [5.41, 5.74) is -0.552. The summed E-state index contributed by atoms with van der Waals surface area (Å²) in [6.07, 6.45) is 0.656. The molecule has 0 fully saturated rings. The number of carbonyl (C=O) groups excluding carboxylic acids is 1. The van der Waals surface area contributed by atoms with Crippen LogP contribution in [0.3, 0.4) is 0 Å². The van der Waals surface area contributed by atoms with E-state index >= 15 is 0 Å². The summed E-state index contributed by atoms with van der Waals surface area (Å²) in [5.74, 6) is -3.79. The summed E-state index contributed by atoms with van der Waals surface area (Å²) in [6.45, 7) is 3.09. The summed E-state index contributed by atoms with van der Waals surface area (Å²) in [7, 11) is 0. The van der Waals surface area contributed by atoms with E-state index in [0.717, 1.165) is 6.26 Å². The standard InChI is InChI=1S/C8H8O6/c1-2-14-7(11)4-5(8(12)13)3-6(9)10/h2-3H,1,4H2,(H,9,10)(H,12,13)/b5-3-. The van der Waals surface area contributed by atoms with Crippen molar-refractivity contribution in [2.75, 3.05) is 0 Å². The monoisotopic (exact) mass is 200 g/mol. The van der Waals surface area contributed by atoms with Crippen molar-refractivity contribution in [1.82, 2.24) is 0 Å². The van der Waals surface area contributed by atoms with Gasteiger partial charge in [-0.1, -0.05) is 6.58 Å². The van der Waals surface area contributed by atoms with Gasteiger partial charge in [0.15, 0.2) is 0 Å². The molecule has 0 aliphatic rings. The van der Waals surface area contributed by atoms with Crippen molar-refractivity contribution in [3.63, 3.8) is 0 Å². The van der Waals surface area contributed by atoms with Gasteiger partial charge in [0.1, 0.15) is 0 Å². The van der Waals surface area contributed by atoms with E-state index in [0.29, 0.717) is 6.08 Å². The number of carboxylic acids is 2. The Morgan fingerprint density at radius 2 is 1.86 bits per heavy atom. The van der Waals surface area contributed by atoms with Crippen LogP contribution in [0.4, 0.5) is 0 Å². The summed E-state index contributed by atoms with van der Waals surface area (Å²) in [6, 6.07) is 0. The summed E-state index contributed by atoms with van der Waals surface area (Å²) in [5, 5.41) is 16.7. The fourth-order valence-corrected chi connectivity index (χ4v) is 0.628. The molecule has 0 heterocycles. The van der Waals surface area contributed by atoms with Crippen LogP contribution in [0.25, 0.3) is 0 Å². The quantitative estimate of drug-likeness (QED) is 0.372. The first-order chi connectivity index (χ1) is 6.47. The Labute approximate surface area is 79.1 Å². The predicted octanol–water partition coefficient (Wildman–Crippen LogP) is 0.159. The Balaban J connectivity index is 4.54. The lowest BCUT2D eigenvalue weighted by atomic mass is 10.2. The van der Waals surface area contributed by atoms with Gasteiger partial charge in [-0.05, 0) is 0 Å². The Morgan fingerprint density at radius 3 is 2.21 bits per heavy atom. The molecule has 0 saturated heterocycles. The zero-order valence-corrected chi connectivity index (χ0v) is 7.10. The summed E-state index contributed by atoms with van der Waals surface area (Å²) < 4.78 is 4.23. The van der Waals surface area contributed by atoms with Crippen molar-refractivity contribution >= 4 is 17.9 Å². The van der Waals surface area contributed by atoms with Crippen molar-refractivity contribution in [2.45, 2.75) is 6.42 Å². The number of aliphatic carboxylic acids is 2. The van der Waals surface area contributed by atoms with E-state index in [9.17, 15) is 14.4 Å². The summed E-state index contributed by atoms with van der Waals surface area (Å²) >= 11 is 0. The maximum Gasteiger partial charge on any atom is 0.332 e. The Hall–Kier alpha value is -2.11. The van der Waals surface area contributed by atoms with Crippen LogP contribution in [0, 0.1) is 0 Å². The van der Waals surface area contributed by atoms with Gasteiger partial charge in [-0.15, -0.1) is 0 Å². The molecule has 0 saturated carbocycles. The van der Waals surface area contributed by atoms with Crippen LogP contribution in [0.2, 0.25) is 0 Å². The number of carboxylic acid groups (broad SMARTS) is 2. The highest BCUT2D eigenvalue weighted by molar-refractivity contribution is 5.98. The molecule has 0 unspecified atom stereocenters. The molecule has 0 aromatic rings. The second-order valence-electron chi connectivity index (χ2n) is 2.15. The fourth-order valence-electron chi connectivity index (χ4n) is 0.628. The molecule has 2 N–H and O–H groups in total. The van der Waals surface area contributed by atoms with E-state index < -0.39 is 29.9 Å². The normalized spacial score (nSPS) is 10.4. The highest BCUT2D eigenvalue weighted by atomic mass is 16.5. The molecular formula is C8H8O6. The van der Waals surface area contributed by atoms with Crippen LogP contribution in [-0.4, -0.2) is 28.1 Å². The smallest absolute Gasteiger partial charge is 0.332 e. The maximum absolute atomic E-state index is 10.7. The number of hydrogen-bond donors (Lipinski definition) is 2. The molecule has 0 spiro atoms. The van der Waals surface area contributed by atoms with Gasteiger partial charge in [0.25, 0.3) is 0 Å². The van der Waals surface area contributed by atoms with Gasteiger partial charge in [-0.25, -0.2) is 9.59 Å². The molecule has 0 atom stereocenters. The van der Waals surface area contributed by atoms with Crippen LogP contribution >= 0.6 is 0 Å².